The molecule has 0 spiro atoms. The lowest BCUT2D eigenvalue weighted by Gasteiger charge is -2.34. The number of hydrogen-bond donors (Lipinski definition) is 3. The highest BCUT2D eigenvalue weighted by atomic mass is 35.5. The number of nitrogens with one attached hydrogen (secondary N) is 2. The number of hydrogen-bond acceptors (Lipinski definition) is 6. The number of aliphatic hydroxyl groups is 1. The highest BCUT2D eigenvalue weighted by Gasteiger charge is 2.40. The van der Waals surface area contributed by atoms with E-state index in [2.05, 4.69) is 15.4 Å². The first kappa shape index (κ1) is 25.5. The molecule has 12 heteroatoms. The van der Waals surface area contributed by atoms with Crippen LogP contribution in [-0.2, 0) is 19.1 Å². The lowest BCUT2D eigenvalue weighted by molar-refractivity contribution is -0.357. The van der Waals surface area contributed by atoms with Crippen molar-refractivity contribution in [3.8, 4) is 5.75 Å². The maximum atomic E-state index is 12.3. The van der Waals surface area contributed by atoms with Gasteiger partial charge >= 0.3 is 6.36 Å². The number of aliphatic hydroxyl groups excluding tert-OH is 1. The summed E-state index contributed by atoms with van der Waals surface area (Å²) in [4.78, 5) is 24.0. The molecule has 1 saturated carbocycles. The molecule has 3 N–H and O–H groups in total. The summed E-state index contributed by atoms with van der Waals surface area (Å²) in [5, 5.41) is 16.1. The van der Waals surface area contributed by atoms with E-state index in [-0.39, 0.29) is 37.7 Å². The van der Waals surface area contributed by atoms with Crippen molar-refractivity contribution in [1.29, 1.82) is 0 Å². The molecule has 0 aromatic heterocycles. The Morgan fingerprint density at radius 3 is 2.52 bits per heavy atom. The fraction of sp³-hybridized carbons (Fsp3) is 0.619. The molecule has 2 amide bonds. The van der Waals surface area contributed by atoms with E-state index >= 15 is 0 Å². The molecule has 1 aromatic rings. The third kappa shape index (κ3) is 8.02. The number of amides is 2. The Balaban J connectivity index is 1.22. The van der Waals surface area contributed by atoms with E-state index in [0.717, 1.165) is 0 Å². The van der Waals surface area contributed by atoms with Crippen molar-refractivity contribution >= 4 is 23.4 Å². The summed E-state index contributed by atoms with van der Waals surface area (Å²) in [5.74, 6) is -0.267. The number of benzene rings is 1. The average Bonchev–Trinajstić information content (AvgIpc) is 2.71. The van der Waals surface area contributed by atoms with Gasteiger partial charge in [0.15, 0.2) is 6.10 Å². The fourth-order valence-corrected chi connectivity index (χ4v) is 3.75. The van der Waals surface area contributed by atoms with Crippen LogP contribution < -0.4 is 15.4 Å². The van der Waals surface area contributed by atoms with Crippen LogP contribution in [0, 0.1) is 0 Å². The Morgan fingerprint density at radius 2 is 1.82 bits per heavy atom. The van der Waals surface area contributed by atoms with Crippen molar-refractivity contribution in [2.24, 2.45) is 0 Å². The molecule has 0 saturated heterocycles. The quantitative estimate of drug-likeness (QED) is 0.432. The van der Waals surface area contributed by atoms with E-state index in [1.165, 1.54) is 0 Å². The third-order valence-corrected chi connectivity index (χ3v) is 5.59. The van der Waals surface area contributed by atoms with Crippen LogP contribution in [0.2, 0.25) is 5.02 Å². The first-order valence-electron chi connectivity index (χ1n) is 10.7. The number of carbonyl (C=O) groups excluding carboxylic acids is 2. The highest BCUT2D eigenvalue weighted by Crippen LogP contribution is 2.36. The Labute approximate surface area is 193 Å². The molecule has 1 fully saturated rings. The van der Waals surface area contributed by atoms with Crippen LogP contribution in [0.5, 0.6) is 5.75 Å². The number of unbranched alkanes of at least 4 members (excludes halogenated alkanes) is 1. The molecule has 0 bridgehead atoms. The number of ether oxygens (including phenoxy) is 3. The van der Waals surface area contributed by atoms with Gasteiger partial charge in [0.25, 0.3) is 5.91 Å². The fourth-order valence-electron chi connectivity index (χ4n) is 3.57. The molecule has 0 unspecified atom stereocenters. The van der Waals surface area contributed by atoms with E-state index in [1.54, 1.807) is 18.2 Å². The summed E-state index contributed by atoms with van der Waals surface area (Å²) in [6, 6.07) is 4.85. The standard InChI is InChI=1S/C21H26ClF3N2O6/c22-12-3-4-17-15(7-12)16(28)10-18(32-17)20(30)27-6-2-1-5-26-19(29)11-31-13-8-14(9-13)33-21(23,24)25/h3-4,7,13-14,16,18,28H,1-2,5-6,8-11H2,(H,26,29)(H,27,30)/t13-,14+,16-,18+/m1/s1. The van der Waals surface area contributed by atoms with Crippen molar-refractivity contribution in [2.45, 2.75) is 62.9 Å². The molecule has 2 atom stereocenters. The molecule has 184 valence electrons. The topological polar surface area (TPSA) is 106 Å². The molecule has 1 heterocycles. The van der Waals surface area contributed by atoms with Crippen LogP contribution in [0.3, 0.4) is 0 Å². The number of fused-ring (bicyclic) bond motifs is 1. The van der Waals surface area contributed by atoms with Gasteiger partial charge in [-0.3, -0.25) is 14.3 Å². The minimum atomic E-state index is -4.66. The predicted molar refractivity (Wildman–Crippen MR) is 111 cm³/mol. The zero-order valence-electron chi connectivity index (χ0n) is 17.7. The Kier molecular flexibility index (Phi) is 8.80. The van der Waals surface area contributed by atoms with E-state index in [4.69, 9.17) is 21.1 Å². The van der Waals surface area contributed by atoms with Crippen LogP contribution >= 0.6 is 11.6 Å². The molecule has 1 aliphatic heterocycles. The van der Waals surface area contributed by atoms with Crippen LogP contribution in [-0.4, -0.2) is 61.3 Å². The summed E-state index contributed by atoms with van der Waals surface area (Å²) >= 11 is 5.92. The van der Waals surface area contributed by atoms with E-state index in [9.17, 15) is 27.9 Å². The van der Waals surface area contributed by atoms with Crippen molar-refractivity contribution in [1.82, 2.24) is 10.6 Å². The number of halogens is 4. The molecule has 0 radical (unpaired) electrons. The van der Waals surface area contributed by atoms with Gasteiger partial charge in [0.1, 0.15) is 12.4 Å². The zero-order chi connectivity index (χ0) is 24.0. The summed E-state index contributed by atoms with van der Waals surface area (Å²) in [6.07, 6.45) is -6.09. The first-order chi connectivity index (χ1) is 15.6. The van der Waals surface area contributed by atoms with Gasteiger partial charge in [0.2, 0.25) is 5.91 Å². The molecular weight excluding hydrogens is 469 g/mol. The monoisotopic (exact) mass is 494 g/mol. The van der Waals surface area contributed by atoms with Gasteiger partial charge in [0.05, 0.1) is 18.3 Å². The highest BCUT2D eigenvalue weighted by molar-refractivity contribution is 6.30. The van der Waals surface area contributed by atoms with Gasteiger partial charge in [-0.2, -0.15) is 0 Å². The molecule has 1 aromatic carbocycles. The minimum absolute atomic E-state index is 0.105. The summed E-state index contributed by atoms with van der Waals surface area (Å²) < 4.78 is 50.9. The number of carbonyl (C=O) groups is 2. The van der Waals surface area contributed by atoms with Gasteiger partial charge in [-0.25, -0.2) is 0 Å². The molecule has 33 heavy (non-hydrogen) atoms. The second kappa shape index (κ2) is 11.4. The zero-order valence-corrected chi connectivity index (χ0v) is 18.5. The van der Waals surface area contributed by atoms with Crippen LogP contribution in [0.1, 0.15) is 43.8 Å². The Hall–Kier alpha value is -2.08. The van der Waals surface area contributed by atoms with E-state index in [0.29, 0.717) is 42.3 Å². The van der Waals surface area contributed by atoms with E-state index < -0.39 is 30.8 Å². The number of alkyl halides is 3. The second-order valence-electron chi connectivity index (χ2n) is 7.98. The molecular formula is C21H26ClF3N2O6. The van der Waals surface area contributed by atoms with Crippen molar-refractivity contribution in [3.05, 3.63) is 28.8 Å². The molecule has 8 nitrogen and oxygen atoms in total. The Bertz CT molecular complexity index is 835. The first-order valence-corrected chi connectivity index (χ1v) is 11.0. The largest absolute Gasteiger partial charge is 0.522 e. The van der Waals surface area contributed by atoms with Gasteiger partial charge in [0, 0.05) is 42.9 Å². The maximum Gasteiger partial charge on any atom is 0.522 e. The summed E-state index contributed by atoms with van der Waals surface area (Å²) in [5.41, 5.74) is 0.554. The SMILES string of the molecule is O=C(CO[C@H]1C[C@@H](OC(F)(F)F)C1)NCCCCNC(=O)[C@@H]1C[C@@H](O)c2cc(Cl)ccc2O1. The predicted octanol–water partition coefficient (Wildman–Crippen LogP) is 2.62. The smallest absolute Gasteiger partial charge is 0.480 e. The van der Waals surface area contributed by atoms with Gasteiger partial charge < -0.3 is 25.2 Å². The Morgan fingerprint density at radius 1 is 1.12 bits per heavy atom. The lowest BCUT2D eigenvalue weighted by Crippen LogP contribution is -2.42. The number of rotatable bonds is 10. The van der Waals surface area contributed by atoms with Crippen molar-refractivity contribution in [2.75, 3.05) is 19.7 Å². The second-order valence-corrected chi connectivity index (χ2v) is 8.41. The maximum absolute atomic E-state index is 12.3. The van der Waals surface area contributed by atoms with Crippen molar-refractivity contribution in [3.63, 3.8) is 0 Å². The van der Waals surface area contributed by atoms with Crippen molar-refractivity contribution < 1.29 is 42.1 Å². The molecule has 2 aliphatic rings. The van der Waals surface area contributed by atoms with Gasteiger partial charge in [-0.05, 0) is 31.0 Å². The van der Waals surface area contributed by atoms with Crippen LogP contribution in [0.25, 0.3) is 0 Å². The van der Waals surface area contributed by atoms with E-state index in [1.807, 2.05) is 0 Å². The minimum Gasteiger partial charge on any atom is -0.480 e. The molecule has 1 aliphatic carbocycles. The molecule has 3 rings (SSSR count). The van der Waals surface area contributed by atoms with Crippen LogP contribution in [0.15, 0.2) is 18.2 Å². The normalized spacial score (nSPS) is 24.3. The van der Waals surface area contributed by atoms with Gasteiger partial charge in [-0.15, -0.1) is 13.2 Å². The lowest BCUT2D eigenvalue weighted by atomic mass is 9.92. The summed E-state index contributed by atoms with van der Waals surface area (Å²) in [6.45, 7) is 0.515. The summed E-state index contributed by atoms with van der Waals surface area (Å²) in [7, 11) is 0. The average molecular weight is 495 g/mol. The van der Waals surface area contributed by atoms with Crippen LogP contribution in [0.4, 0.5) is 13.2 Å². The van der Waals surface area contributed by atoms with Gasteiger partial charge in [-0.1, -0.05) is 11.6 Å². The third-order valence-electron chi connectivity index (χ3n) is 5.36.